The van der Waals surface area contributed by atoms with E-state index < -0.39 is 0 Å². The predicted octanol–water partition coefficient (Wildman–Crippen LogP) is 3.95. The Morgan fingerprint density at radius 3 is 2.70 bits per heavy atom. The van der Waals surface area contributed by atoms with E-state index in [9.17, 15) is 0 Å². The van der Waals surface area contributed by atoms with Crippen molar-refractivity contribution in [2.24, 2.45) is 0 Å². The standard InChI is InChI=1S/C19H23N3O/c1-4-6-7-10-23-18-11-15(3)8-9-17(18)14-22-19-20-12-16(5-2)13-21-19/h2,8-9,11-13H,4,6-7,10,14H2,1,3H3,(H,20,21,22). The second-order valence-corrected chi connectivity index (χ2v) is 5.46. The predicted molar refractivity (Wildman–Crippen MR) is 93.5 cm³/mol. The third-order valence-electron chi connectivity index (χ3n) is 3.48. The first-order valence-electron chi connectivity index (χ1n) is 7.97. The Balaban J connectivity index is 1.99. The Morgan fingerprint density at radius 2 is 2.00 bits per heavy atom. The van der Waals surface area contributed by atoms with Gasteiger partial charge in [0.25, 0.3) is 0 Å². The Morgan fingerprint density at radius 1 is 1.22 bits per heavy atom. The van der Waals surface area contributed by atoms with Gasteiger partial charge in [0.05, 0.1) is 12.2 Å². The van der Waals surface area contributed by atoms with Gasteiger partial charge in [-0.2, -0.15) is 0 Å². The zero-order chi connectivity index (χ0) is 16.5. The topological polar surface area (TPSA) is 47.0 Å². The molecule has 0 saturated heterocycles. The highest BCUT2D eigenvalue weighted by Gasteiger charge is 2.05. The number of anilines is 1. The summed E-state index contributed by atoms with van der Waals surface area (Å²) in [7, 11) is 0. The zero-order valence-corrected chi connectivity index (χ0v) is 13.8. The normalized spacial score (nSPS) is 10.1. The van der Waals surface area contributed by atoms with Gasteiger partial charge in [-0.05, 0) is 25.0 Å². The lowest BCUT2D eigenvalue weighted by atomic mass is 10.1. The lowest BCUT2D eigenvalue weighted by Gasteiger charge is -2.13. The van der Waals surface area contributed by atoms with Crippen LogP contribution in [0.2, 0.25) is 0 Å². The van der Waals surface area contributed by atoms with Gasteiger partial charge in [0.1, 0.15) is 5.75 Å². The number of aromatic nitrogens is 2. The van der Waals surface area contributed by atoms with Crippen molar-refractivity contribution in [3.05, 3.63) is 47.3 Å². The molecular weight excluding hydrogens is 286 g/mol. The van der Waals surface area contributed by atoms with Gasteiger partial charge in [-0.1, -0.05) is 37.8 Å². The highest BCUT2D eigenvalue weighted by atomic mass is 16.5. The number of benzene rings is 1. The van der Waals surface area contributed by atoms with Gasteiger partial charge >= 0.3 is 0 Å². The molecule has 2 aromatic rings. The lowest BCUT2D eigenvalue weighted by molar-refractivity contribution is 0.303. The van der Waals surface area contributed by atoms with Gasteiger partial charge in [0, 0.05) is 24.5 Å². The fourth-order valence-corrected chi connectivity index (χ4v) is 2.14. The van der Waals surface area contributed by atoms with E-state index in [0.717, 1.165) is 24.3 Å². The first kappa shape index (κ1) is 16.8. The second kappa shape index (κ2) is 8.79. The maximum absolute atomic E-state index is 5.94. The van der Waals surface area contributed by atoms with Crippen molar-refractivity contribution in [3.63, 3.8) is 0 Å². The number of aryl methyl sites for hydroxylation is 1. The van der Waals surface area contributed by atoms with E-state index in [1.54, 1.807) is 12.4 Å². The monoisotopic (exact) mass is 309 g/mol. The van der Waals surface area contributed by atoms with E-state index >= 15 is 0 Å². The molecule has 0 aliphatic rings. The van der Waals surface area contributed by atoms with Crippen molar-refractivity contribution in [1.82, 2.24) is 9.97 Å². The largest absolute Gasteiger partial charge is 0.493 e. The van der Waals surface area contributed by atoms with Crippen LogP contribution in [0.15, 0.2) is 30.6 Å². The number of nitrogens with zero attached hydrogens (tertiary/aromatic N) is 2. The summed E-state index contributed by atoms with van der Waals surface area (Å²) in [4.78, 5) is 8.39. The molecule has 0 unspecified atom stereocenters. The summed E-state index contributed by atoms with van der Waals surface area (Å²) < 4.78 is 5.94. The molecule has 0 bridgehead atoms. The molecule has 0 aliphatic carbocycles. The number of hydrogen-bond acceptors (Lipinski definition) is 4. The summed E-state index contributed by atoms with van der Waals surface area (Å²) >= 11 is 0. The Labute approximate surface area is 138 Å². The molecule has 0 fully saturated rings. The van der Waals surface area contributed by atoms with Crippen molar-refractivity contribution >= 4 is 5.95 Å². The Bertz CT molecular complexity index is 659. The first-order valence-corrected chi connectivity index (χ1v) is 7.97. The molecule has 1 heterocycles. The summed E-state index contributed by atoms with van der Waals surface area (Å²) in [5.74, 6) is 3.99. The number of rotatable bonds is 8. The maximum Gasteiger partial charge on any atom is 0.222 e. The SMILES string of the molecule is C#Cc1cnc(NCc2ccc(C)cc2OCCCCC)nc1. The Kier molecular flexibility index (Phi) is 6.43. The van der Waals surface area contributed by atoms with E-state index in [1.807, 2.05) is 0 Å². The highest BCUT2D eigenvalue weighted by molar-refractivity contribution is 5.40. The quantitative estimate of drug-likeness (QED) is 0.592. The van der Waals surface area contributed by atoms with Crippen LogP contribution in [0.5, 0.6) is 5.75 Å². The molecule has 23 heavy (non-hydrogen) atoms. The van der Waals surface area contributed by atoms with Gasteiger partial charge in [-0.3, -0.25) is 0 Å². The van der Waals surface area contributed by atoms with Gasteiger partial charge in [0.15, 0.2) is 0 Å². The maximum atomic E-state index is 5.94. The molecule has 0 amide bonds. The van der Waals surface area contributed by atoms with E-state index in [4.69, 9.17) is 11.2 Å². The third-order valence-corrected chi connectivity index (χ3v) is 3.48. The van der Waals surface area contributed by atoms with E-state index in [-0.39, 0.29) is 0 Å². The van der Waals surface area contributed by atoms with Crippen LogP contribution in [-0.2, 0) is 6.54 Å². The number of ether oxygens (including phenoxy) is 1. The summed E-state index contributed by atoms with van der Waals surface area (Å²) in [5, 5.41) is 3.20. The van der Waals surface area contributed by atoms with E-state index in [0.29, 0.717) is 18.1 Å². The van der Waals surface area contributed by atoms with E-state index in [1.165, 1.54) is 18.4 Å². The summed E-state index contributed by atoms with van der Waals surface area (Å²) in [6, 6.07) is 6.23. The van der Waals surface area contributed by atoms with Crippen molar-refractivity contribution in [2.75, 3.05) is 11.9 Å². The minimum absolute atomic E-state index is 0.557. The van der Waals surface area contributed by atoms with Crippen molar-refractivity contribution in [1.29, 1.82) is 0 Å². The van der Waals surface area contributed by atoms with Crippen LogP contribution in [-0.4, -0.2) is 16.6 Å². The fourth-order valence-electron chi connectivity index (χ4n) is 2.14. The van der Waals surface area contributed by atoms with Crippen molar-refractivity contribution in [2.45, 2.75) is 39.7 Å². The van der Waals surface area contributed by atoms with Crippen LogP contribution in [0.25, 0.3) is 0 Å². The number of unbranched alkanes of at least 4 members (excludes halogenated alkanes) is 2. The van der Waals surface area contributed by atoms with Crippen molar-refractivity contribution < 1.29 is 4.74 Å². The molecule has 1 aromatic heterocycles. The molecule has 4 heteroatoms. The number of terminal acetylenes is 1. The minimum Gasteiger partial charge on any atom is -0.493 e. The van der Waals surface area contributed by atoms with Crippen LogP contribution in [0.3, 0.4) is 0 Å². The smallest absolute Gasteiger partial charge is 0.222 e. The first-order chi connectivity index (χ1) is 11.2. The molecular formula is C19H23N3O. The molecule has 0 aliphatic heterocycles. The van der Waals surface area contributed by atoms with Gasteiger partial charge in [-0.15, -0.1) is 6.42 Å². The molecule has 0 radical (unpaired) electrons. The average molecular weight is 309 g/mol. The fraction of sp³-hybridized carbons (Fsp3) is 0.368. The van der Waals surface area contributed by atoms with Crippen molar-refractivity contribution in [3.8, 4) is 18.1 Å². The van der Waals surface area contributed by atoms with Crippen LogP contribution < -0.4 is 10.1 Å². The number of nitrogens with one attached hydrogen (secondary N) is 1. The lowest BCUT2D eigenvalue weighted by Crippen LogP contribution is -2.07. The highest BCUT2D eigenvalue weighted by Crippen LogP contribution is 2.21. The molecule has 120 valence electrons. The molecule has 4 nitrogen and oxygen atoms in total. The van der Waals surface area contributed by atoms with Crippen LogP contribution in [0.4, 0.5) is 5.95 Å². The van der Waals surface area contributed by atoms with Gasteiger partial charge in [0.2, 0.25) is 5.95 Å². The molecule has 0 atom stereocenters. The van der Waals surface area contributed by atoms with E-state index in [2.05, 4.69) is 53.3 Å². The van der Waals surface area contributed by atoms with Crippen LogP contribution in [0, 0.1) is 19.3 Å². The molecule has 1 aromatic carbocycles. The third kappa shape index (κ3) is 5.30. The average Bonchev–Trinajstić information content (AvgIpc) is 2.58. The summed E-state index contributed by atoms with van der Waals surface area (Å²) in [5.41, 5.74) is 2.96. The summed E-state index contributed by atoms with van der Waals surface area (Å²) in [6.07, 6.45) is 12.0. The minimum atomic E-state index is 0.557. The molecule has 0 spiro atoms. The van der Waals surface area contributed by atoms with Crippen LogP contribution in [0.1, 0.15) is 42.9 Å². The Hall–Kier alpha value is -2.54. The van der Waals surface area contributed by atoms with Crippen LogP contribution >= 0.6 is 0 Å². The molecule has 2 rings (SSSR count). The molecule has 1 N–H and O–H groups in total. The zero-order valence-electron chi connectivity index (χ0n) is 13.8. The second-order valence-electron chi connectivity index (χ2n) is 5.46. The van der Waals surface area contributed by atoms with Gasteiger partial charge in [-0.25, -0.2) is 9.97 Å². The summed E-state index contributed by atoms with van der Waals surface area (Å²) in [6.45, 7) is 5.61. The number of hydrogen-bond donors (Lipinski definition) is 1. The van der Waals surface area contributed by atoms with Gasteiger partial charge < -0.3 is 10.1 Å². The molecule has 0 saturated carbocycles.